The number of ether oxygens (including phenoxy) is 2. The van der Waals surface area contributed by atoms with Crippen molar-refractivity contribution in [2.45, 2.75) is 63.1 Å². The number of halogens is 2. The van der Waals surface area contributed by atoms with Crippen molar-refractivity contribution >= 4 is 17.7 Å². The third kappa shape index (κ3) is 3.82. The SMILES string of the molecule is C[C@]12C=CC(=O)C=C1[C@@H](F)C[C@H]1[C@@H]3CC[C@](OC(=O)c4ccc(Oc5ccccc5)cc4)(C(=O)O)[C@@]3(C)C[C@H](O)[C@@]12F. The molecule has 2 aromatic carbocycles. The van der Waals surface area contributed by atoms with Crippen molar-refractivity contribution in [1.29, 1.82) is 0 Å². The van der Waals surface area contributed by atoms with E-state index in [4.69, 9.17) is 9.47 Å². The van der Waals surface area contributed by atoms with Gasteiger partial charge < -0.3 is 19.7 Å². The molecule has 220 valence electrons. The van der Waals surface area contributed by atoms with Crippen LogP contribution in [0, 0.1) is 22.7 Å². The maximum absolute atomic E-state index is 17.3. The van der Waals surface area contributed by atoms with E-state index in [0.717, 1.165) is 6.08 Å². The Morgan fingerprint density at radius 1 is 1.00 bits per heavy atom. The summed E-state index contributed by atoms with van der Waals surface area (Å²) in [5.74, 6) is -3.44. The molecule has 0 radical (unpaired) electrons. The maximum atomic E-state index is 17.3. The van der Waals surface area contributed by atoms with Gasteiger partial charge in [0.25, 0.3) is 0 Å². The Bertz CT molecular complexity index is 1500. The number of rotatable bonds is 5. The van der Waals surface area contributed by atoms with Crippen LogP contribution in [0.1, 0.15) is 49.9 Å². The van der Waals surface area contributed by atoms with E-state index in [1.807, 2.05) is 18.2 Å². The number of fused-ring (bicyclic) bond motifs is 5. The van der Waals surface area contributed by atoms with Crippen LogP contribution in [0.25, 0.3) is 0 Å². The van der Waals surface area contributed by atoms with Crippen molar-refractivity contribution in [1.82, 2.24) is 0 Å². The first kappa shape index (κ1) is 28.3. The van der Waals surface area contributed by atoms with Crippen LogP contribution in [0.15, 0.2) is 78.4 Å². The molecule has 4 aliphatic carbocycles. The molecular weight excluding hydrogens is 546 g/mol. The lowest BCUT2D eigenvalue weighted by molar-refractivity contribution is -0.226. The molecule has 0 aromatic heterocycles. The lowest BCUT2D eigenvalue weighted by Gasteiger charge is -2.62. The molecule has 0 unspecified atom stereocenters. The van der Waals surface area contributed by atoms with E-state index < -0.39 is 63.9 Å². The Morgan fingerprint density at radius 3 is 2.33 bits per heavy atom. The molecule has 0 heterocycles. The van der Waals surface area contributed by atoms with Crippen LogP contribution in [-0.2, 0) is 14.3 Å². The summed E-state index contributed by atoms with van der Waals surface area (Å²) < 4.78 is 44.5. The predicted molar refractivity (Wildman–Crippen MR) is 147 cm³/mol. The van der Waals surface area contributed by atoms with E-state index in [1.165, 1.54) is 31.2 Å². The highest BCUT2D eigenvalue weighted by molar-refractivity contribution is 6.01. The van der Waals surface area contributed by atoms with Crippen molar-refractivity contribution in [3.63, 3.8) is 0 Å². The molecule has 0 saturated heterocycles. The van der Waals surface area contributed by atoms with Gasteiger partial charge in [-0.05, 0) is 92.6 Å². The number of hydrogen-bond donors (Lipinski definition) is 2. The van der Waals surface area contributed by atoms with Gasteiger partial charge in [0, 0.05) is 16.7 Å². The first-order valence-electron chi connectivity index (χ1n) is 14.1. The minimum atomic E-state index is -2.35. The van der Waals surface area contributed by atoms with Gasteiger partial charge in [-0.2, -0.15) is 0 Å². The largest absolute Gasteiger partial charge is 0.478 e. The second-order valence-electron chi connectivity index (χ2n) is 12.4. The summed E-state index contributed by atoms with van der Waals surface area (Å²) in [6.07, 6.45) is -0.315. The molecule has 4 aliphatic rings. The van der Waals surface area contributed by atoms with Gasteiger partial charge in [0.15, 0.2) is 11.5 Å². The van der Waals surface area contributed by atoms with Gasteiger partial charge in [0.2, 0.25) is 5.60 Å². The fourth-order valence-electron chi connectivity index (χ4n) is 8.26. The summed E-state index contributed by atoms with van der Waals surface area (Å²) >= 11 is 0. The highest BCUT2D eigenvalue weighted by atomic mass is 19.1. The molecule has 2 aromatic rings. The maximum Gasteiger partial charge on any atom is 0.348 e. The monoisotopic (exact) mass is 578 g/mol. The zero-order chi connectivity index (χ0) is 30.1. The van der Waals surface area contributed by atoms with Gasteiger partial charge in [0.1, 0.15) is 17.7 Å². The summed E-state index contributed by atoms with van der Waals surface area (Å²) in [7, 11) is 0. The normalized spacial score (nSPS) is 38.5. The van der Waals surface area contributed by atoms with Gasteiger partial charge >= 0.3 is 11.9 Å². The molecule has 0 spiro atoms. The molecule has 8 atom stereocenters. The summed E-state index contributed by atoms with van der Waals surface area (Å²) in [6, 6.07) is 15.1. The lowest BCUT2D eigenvalue weighted by atomic mass is 9.44. The zero-order valence-corrected chi connectivity index (χ0v) is 23.3. The Hall–Kier alpha value is -3.85. The van der Waals surface area contributed by atoms with Gasteiger partial charge in [0.05, 0.1) is 11.7 Å². The molecular formula is C33H32F2O7. The number of aliphatic carboxylic acids is 1. The number of benzene rings is 2. The number of carbonyl (C=O) groups is 3. The molecule has 0 aliphatic heterocycles. The van der Waals surface area contributed by atoms with E-state index in [9.17, 15) is 24.6 Å². The topological polar surface area (TPSA) is 110 Å². The fourth-order valence-corrected chi connectivity index (χ4v) is 8.26. The van der Waals surface area contributed by atoms with Crippen LogP contribution in [0.5, 0.6) is 11.5 Å². The van der Waals surface area contributed by atoms with Crippen LogP contribution in [0.3, 0.4) is 0 Å². The second kappa shape index (κ2) is 9.59. The summed E-state index contributed by atoms with van der Waals surface area (Å²) in [6.45, 7) is 3.07. The summed E-state index contributed by atoms with van der Waals surface area (Å²) in [4.78, 5) is 38.3. The summed E-state index contributed by atoms with van der Waals surface area (Å²) in [5.41, 5.74) is -7.31. The minimum Gasteiger partial charge on any atom is -0.478 e. The number of aliphatic hydroxyl groups is 1. The average Bonchev–Trinajstić information content (AvgIpc) is 3.24. The third-order valence-corrected chi connectivity index (χ3v) is 10.4. The third-order valence-electron chi connectivity index (χ3n) is 10.4. The van der Waals surface area contributed by atoms with E-state index >= 15 is 8.78 Å². The Morgan fingerprint density at radius 2 is 1.67 bits per heavy atom. The lowest BCUT2D eigenvalue weighted by Crippen LogP contribution is -2.70. The smallest absolute Gasteiger partial charge is 0.348 e. The Labute approximate surface area is 241 Å². The molecule has 9 heteroatoms. The molecule has 42 heavy (non-hydrogen) atoms. The number of alkyl halides is 2. The van der Waals surface area contributed by atoms with Crippen LogP contribution in [0.2, 0.25) is 0 Å². The van der Waals surface area contributed by atoms with Crippen molar-refractivity contribution in [3.05, 3.63) is 84.0 Å². The van der Waals surface area contributed by atoms with Crippen LogP contribution in [0.4, 0.5) is 8.78 Å². The number of ketones is 1. The van der Waals surface area contributed by atoms with Crippen LogP contribution >= 0.6 is 0 Å². The average molecular weight is 579 g/mol. The molecule has 2 N–H and O–H groups in total. The van der Waals surface area contributed by atoms with E-state index in [1.54, 1.807) is 31.2 Å². The predicted octanol–water partition coefficient (Wildman–Crippen LogP) is 5.78. The molecule has 3 fully saturated rings. The van der Waals surface area contributed by atoms with Crippen molar-refractivity contribution < 1.29 is 42.9 Å². The number of carbonyl (C=O) groups excluding carboxylic acids is 2. The molecule has 6 rings (SSSR count). The van der Waals surface area contributed by atoms with Gasteiger partial charge in [-0.3, -0.25) is 4.79 Å². The van der Waals surface area contributed by atoms with E-state index in [0.29, 0.717) is 11.5 Å². The highest BCUT2D eigenvalue weighted by Gasteiger charge is 2.77. The molecule has 0 amide bonds. The number of para-hydroxylation sites is 1. The number of hydrogen-bond acceptors (Lipinski definition) is 6. The van der Waals surface area contributed by atoms with Crippen molar-refractivity contribution in [3.8, 4) is 11.5 Å². The molecule has 3 saturated carbocycles. The highest BCUT2D eigenvalue weighted by Crippen LogP contribution is 2.70. The number of carboxylic acids is 1. The number of aliphatic hydroxyl groups excluding tert-OH is 1. The standard InChI is InChI=1S/C33H32F2O7/c1-30-14-12-20(36)16-25(30)26(34)17-24-23-13-15-32(29(39)40,31(23,2)18-27(37)33(24,30)35)42-28(38)19-8-10-22(11-9-19)41-21-6-4-3-5-7-21/h3-12,14,16,23-24,26-27,37H,13,15,17-18H2,1-2H3,(H,39,40)/t23-,24-,26-,27-,30-,31-,32-,33-/m0/s1. The fraction of sp³-hybridized carbons (Fsp3) is 0.424. The van der Waals surface area contributed by atoms with Crippen LogP contribution < -0.4 is 4.74 Å². The minimum absolute atomic E-state index is 0.00924. The van der Waals surface area contributed by atoms with Gasteiger partial charge in [-0.15, -0.1) is 0 Å². The number of allylic oxidation sites excluding steroid dienone is 4. The number of esters is 1. The van der Waals surface area contributed by atoms with E-state index in [2.05, 4.69) is 0 Å². The van der Waals surface area contributed by atoms with Crippen molar-refractivity contribution in [2.75, 3.05) is 0 Å². The van der Waals surface area contributed by atoms with Gasteiger partial charge in [-0.25, -0.2) is 18.4 Å². The Balaban J connectivity index is 1.30. The first-order valence-corrected chi connectivity index (χ1v) is 14.1. The van der Waals surface area contributed by atoms with Crippen LogP contribution in [-0.4, -0.2) is 51.5 Å². The zero-order valence-electron chi connectivity index (χ0n) is 23.3. The quantitative estimate of drug-likeness (QED) is 0.433. The number of carboxylic acid groups (broad SMARTS) is 1. The molecule has 7 nitrogen and oxygen atoms in total. The van der Waals surface area contributed by atoms with E-state index in [-0.39, 0.29) is 36.8 Å². The first-order chi connectivity index (χ1) is 19.9. The summed E-state index contributed by atoms with van der Waals surface area (Å²) in [5, 5.41) is 22.0. The second-order valence-corrected chi connectivity index (χ2v) is 12.4. The van der Waals surface area contributed by atoms with Gasteiger partial charge in [-0.1, -0.05) is 31.2 Å². The Kier molecular flexibility index (Phi) is 6.46. The molecule has 0 bridgehead atoms. The van der Waals surface area contributed by atoms with Crippen molar-refractivity contribution in [2.24, 2.45) is 22.7 Å².